The highest BCUT2D eigenvalue weighted by Crippen LogP contribution is 2.38. The van der Waals surface area contributed by atoms with E-state index in [1.165, 1.54) is 0 Å². The molecule has 5 rings (SSSR count). The van der Waals surface area contributed by atoms with Crippen molar-refractivity contribution in [2.24, 2.45) is 0 Å². The maximum atomic E-state index is 13.2. The molecule has 0 bridgehead atoms. The minimum absolute atomic E-state index is 0.0166. The molecule has 2 aliphatic heterocycles. The number of methoxy groups -OCH3 is 1. The molecule has 1 N–H and O–H groups in total. The van der Waals surface area contributed by atoms with Crippen molar-refractivity contribution in [3.05, 3.63) is 71.7 Å². The second kappa shape index (κ2) is 9.07. The number of hydrogen-bond donors (Lipinski definition) is 1. The fourth-order valence-electron chi connectivity index (χ4n) is 4.38. The molecule has 8 nitrogen and oxygen atoms in total. The summed E-state index contributed by atoms with van der Waals surface area (Å²) in [7, 11) is 1.62. The molecule has 0 radical (unpaired) electrons. The first-order chi connectivity index (χ1) is 16.1. The molecule has 2 amide bonds. The molecule has 33 heavy (non-hydrogen) atoms. The Morgan fingerprint density at radius 3 is 2.79 bits per heavy atom. The van der Waals surface area contributed by atoms with E-state index in [1.807, 2.05) is 61.5 Å². The van der Waals surface area contributed by atoms with Crippen molar-refractivity contribution in [3.63, 3.8) is 0 Å². The van der Waals surface area contributed by atoms with Gasteiger partial charge in [0.25, 0.3) is 5.89 Å². The monoisotopic (exact) mass is 446 g/mol. The van der Waals surface area contributed by atoms with Gasteiger partial charge in [-0.3, -0.25) is 4.90 Å². The van der Waals surface area contributed by atoms with Crippen molar-refractivity contribution in [3.8, 4) is 17.1 Å². The zero-order valence-electron chi connectivity index (χ0n) is 18.7. The standard InChI is InChI=1S/C25H26N4O4/c1-16-21(24-27-23(28-33-24)17-8-4-3-5-9-17)22(18-10-6-11-19(14-18)31-2)26-25(30)29(16)15-20-12-7-13-32-20/h3-6,8-11,14,20,22H,7,12-13,15H2,1-2H3,(H,26,30). The van der Waals surface area contributed by atoms with E-state index in [2.05, 4.69) is 15.5 Å². The Balaban J connectivity index is 1.58. The van der Waals surface area contributed by atoms with E-state index in [0.717, 1.165) is 41.8 Å². The predicted octanol–water partition coefficient (Wildman–Crippen LogP) is 4.42. The molecule has 1 saturated heterocycles. The third-order valence-electron chi connectivity index (χ3n) is 6.12. The van der Waals surface area contributed by atoms with Crippen LogP contribution in [0.1, 0.15) is 37.3 Å². The van der Waals surface area contributed by atoms with Gasteiger partial charge in [0.15, 0.2) is 0 Å². The summed E-state index contributed by atoms with van der Waals surface area (Å²) in [6, 6.07) is 16.6. The van der Waals surface area contributed by atoms with E-state index in [4.69, 9.17) is 14.0 Å². The molecule has 2 aliphatic rings. The van der Waals surface area contributed by atoms with E-state index >= 15 is 0 Å². The van der Waals surface area contributed by atoms with Crippen LogP contribution in [0.5, 0.6) is 5.75 Å². The van der Waals surface area contributed by atoms with Gasteiger partial charge in [-0.1, -0.05) is 47.6 Å². The number of amides is 2. The number of ether oxygens (including phenoxy) is 2. The van der Waals surface area contributed by atoms with Gasteiger partial charge in [-0.15, -0.1) is 0 Å². The fraction of sp³-hybridized carbons (Fsp3) is 0.320. The smallest absolute Gasteiger partial charge is 0.322 e. The van der Waals surface area contributed by atoms with E-state index in [1.54, 1.807) is 12.0 Å². The number of nitrogens with zero attached hydrogens (tertiary/aromatic N) is 3. The molecule has 3 heterocycles. The van der Waals surface area contributed by atoms with Crippen LogP contribution in [0.25, 0.3) is 17.0 Å². The van der Waals surface area contributed by atoms with Crippen molar-refractivity contribution in [1.82, 2.24) is 20.4 Å². The van der Waals surface area contributed by atoms with Crippen LogP contribution in [-0.2, 0) is 4.74 Å². The minimum atomic E-state index is -0.461. The Labute approximate surface area is 192 Å². The first-order valence-electron chi connectivity index (χ1n) is 11.1. The second-order valence-corrected chi connectivity index (χ2v) is 8.19. The molecule has 1 aromatic heterocycles. The van der Waals surface area contributed by atoms with Crippen molar-refractivity contribution in [2.75, 3.05) is 20.3 Å². The second-order valence-electron chi connectivity index (χ2n) is 8.19. The summed E-state index contributed by atoms with van der Waals surface area (Å²) in [5.74, 6) is 1.57. The Kier molecular flexibility index (Phi) is 5.83. The molecule has 0 saturated carbocycles. The van der Waals surface area contributed by atoms with Crippen molar-refractivity contribution >= 4 is 11.6 Å². The molecule has 2 unspecified atom stereocenters. The van der Waals surface area contributed by atoms with Gasteiger partial charge in [0.2, 0.25) is 5.82 Å². The number of urea groups is 1. The summed E-state index contributed by atoms with van der Waals surface area (Å²) in [6.45, 7) is 3.13. The molecular weight excluding hydrogens is 420 g/mol. The van der Waals surface area contributed by atoms with E-state index < -0.39 is 6.04 Å². The highest BCUT2D eigenvalue weighted by atomic mass is 16.5. The molecule has 1 fully saturated rings. The van der Waals surface area contributed by atoms with E-state index in [9.17, 15) is 4.79 Å². The Bertz CT molecular complexity index is 1170. The van der Waals surface area contributed by atoms with Crippen LogP contribution in [-0.4, -0.2) is 47.4 Å². The molecule has 8 heteroatoms. The summed E-state index contributed by atoms with van der Waals surface area (Å²) in [5.41, 5.74) is 3.26. The highest BCUT2D eigenvalue weighted by Gasteiger charge is 2.37. The maximum Gasteiger partial charge on any atom is 0.322 e. The van der Waals surface area contributed by atoms with Gasteiger partial charge in [-0.2, -0.15) is 4.98 Å². The highest BCUT2D eigenvalue weighted by molar-refractivity contribution is 5.87. The number of rotatable bonds is 6. The van der Waals surface area contributed by atoms with Crippen LogP contribution < -0.4 is 10.1 Å². The number of hydrogen-bond acceptors (Lipinski definition) is 6. The number of benzene rings is 2. The van der Waals surface area contributed by atoms with Gasteiger partial charge < -0.3 is 19.3 Å². The minimum Gasteiger partial charge on any atom is -0.497 e. The van der Waals surface area contributed by atoms with Crippen molar-refractivity contribution in [2.45, 2.75) is 31.9 Å². The molecule has 170 valence electrons. The van der Waals surface area contributed by atoms with Gasteiger partial charge >= 0.3 is 6.03 Å². The first kappa shape index (κ1) is 21.2. The maximum absolute atomic E-state index is 13.2. The molecule has 2 aromatic carbocycles. The zero-order valence-corrected chi connectivity index (χ0v) is 18.7. The average molecular weight is 447 g/mol. The Morgan fingerprint density at radius 2 is 2.03 bits per heavy atom. The quantitative estimate of drug-likeness (QED) is 0.603. The number of aromatic nitrogens is 2. The van der Waals surface area contributed by atoms with Crippen LogP contribution >= 0.6 is 0 Å². The Morgan fingerprint density at radius 1 is 1.18 bits per heavy atom. The number of carbonyl (C=O) groups is 1. The lowest BCUT2D eigenvalue weighted by atomic mass is 9.94. The molecule has 3 aromatic rings. The Hall–Kier alpha value is -3.65. The lowest BCUT2D eigenvalue weighted by Gasteiger charge is -2.36. The number of carbonyl (C=O) groups excluding carboxylic acids is 1. The SMILES string of the molecule is COc1cccc(C2NC(=O)N(CC3CCCO3)C(C)=C2c2nc(-c3ccccc3)no2)c1. The fourth-order valence-corrected chi connectivity index (χ4v) is 4.38. The summed E-state index contributed by atoms with van der Waals surface area (Å²) < 4.78 is 16.9. The largest absolute Gasteiger partial charge is 0.497 e. The van der Waals surface area contributed by atoms with Crippen molar-refractivity contribution in [1.29, 1.82) is 0 Å². The van der Waals surface area contributed by atoms with Crippen LogP contribution in [0.4, 0.5) is 4.79 Å². The summed E-state index contributed by atoms with van der Waals surface area (Å²) in [5, 5.41) is 7.33. The van der Waals surface area contributed by atoms with Gasteiger partial charge in [0, 0.05) is 17.9 Å². The van der Waals surface area contributed by atoms with Gasteiger partial charge in [-0.05, 0) is 37.5 Å². The predicted molar refractivity (Wildman–Crippen MR) is 122 cm³/mol. The molecule has 2 atom stereocenters. The average Bonchev–Trinajstić information content (AvgIpc) is 3.54. The van der Waals surface area contributed by atoms with Crippen LogP contribution in [0.3, 0.4) is 0 Å². The summed E-state index contributed by atoms with van der Waals surface area (Å²) in [4.78, 5) is 19.6. The van der Waals surface area contributed by atoms with Gasteiger partial charge in [0.05, 0.1) is 31.4 Å². The number of allylic oxidation sites excluding steroid dienone is 1. The normalized spacial score (nSPS) is 20.8. The summed E-state index contributed by atoms with van der Waals surface area (Å²) >= 11 is 0. The molecular formula is C25H26N4O4. The summed E-state index contributed by atoms with van der Waals surface area (Å²) in [6.07, 6.45) is 1.96. The van der Waals surface area contributed by atoms with Gasteiger partial charge in [0.1, 0.15) is 5.75 Å². The lowest BCUT2D eigenvalue weighted by Crippen LogP contribution is -2.48. The lowest BCUT2D eigenvalue weighted by molar-refractivity contribution is 0.0877. The zero-order chi connectivity index (χ0) is 22.8. The van der Waals surface area contributed by atoms with Crippen LogP contribution in [0.15, 0.2) is 64.8 Å². The van der Waals surface area contributed by atoms with Crippen LogP contribution in [0, 0.1) is 0 Å². The molecule has 0 aliphatic carbocycles. The topological polar surface area (TPSA) is 89.7 Å². The first-order valence-corrected chi connectivity index (χ1v) is 11.1. The van der Waals surface area contributed by atoms with E-state index in [-0.39, 0.29) is 12.1 Å². The molecule has 0 spiro atoms. The van der Waals surface area contributed by atoms with Gasteiger partial charge in [-0.25, -0.2) is 4.79 Å². The van der Waals surface area contributed by atoms with Crippen molar-refractivity contribution < 1.29 is 18.8 Å². The number of nitrogens with one attached hydrogen (secondary N) is 1. The van der Waals surface area contributed by atoms with Crippen LogP contribution in [0.2, 0.25) is 0 Å². The van der Waals surface area contributed by atoms with E-state index in [0.29, 0.717) is 24.0 Å². The third kappa shape index (κ3) is 4.21. The third-order valence-corrected chi connectivity index (χ3v) is 6.12.